The maximum atomic E-state index is 13.5. The molecule has 1 atom stereocenters. The number of nitrogens with zero attached hydrogens (tertiary/aromatic N) is 5. The van der Waals surface area contributed by atoms with Gasteiger partial charge < -0.3 is 21.4 Å². The number of rotatable bonds is 8. The SMILES string of the molecule is NCCN1CC[C@H](NS(=O)(=O)c2ccc(-c3cccc4[nH]c(N)nc34)c(C3=NCN=N3)c2S(N)(=O)=O)C1. The number of hydrogen-bond acceptors (Lipinski definition) is 11. The molecule has 37 heavy (non-hydrogen) atoms. The minimum atomic E-state index is -4.60. The van der Waals surface area contributed by atoms with E-state index in [1.807, 2.05) is 4.90 Å². The normalized spacial score (nSPS) is 18.6. The van der Waals surface area contributed by atoms with Gasteiger partial charge in [0.2, 0.25) is 20.0 Å². The number of aromatic amines is 1. The Labute approximate surface area is 213 Å². The van der Waals surface area contributed by atoms with Gasteiger partial charge in [-0.25, -0.2) is 36.7 Å². The van der Waals surface area contributed by atoms with E-state index in [2.05, 4.69) is 29.9 Å². The molecular formula is C21H26N10O4S2. The highest BCUT2D eigenvalue weighted by molar-refractivity contribution is 7.92. The van der Waals surface area contributed by atoms with Crippen molar-refractivity contribution >= 4 is 42.9 Å². The fraction of sp³-hybridized carbons (Fsp3) is 0.333. The Kier molecular flexibility index (Phi) is 6.55. The summed E-state index contributed by atoms with van der Waals surface area (Å²) in [6.45, 7) is 2.17. The van der Waals surface area contributed by atoms with Gasteiger partial charge in [0, 0.05) is 31.2 Å². The highest BCUT2D eigenvalue weighted by Gasteiger charge is 2.35. The molecule has 3 aromatic rings. The number of para-hydroxylation sites is 1. The second-order valence-electron chi connectivity index (χ2n) is 8.74. The zero-order valence-corrected chi connectivity index (χ0v) is 21.3. The van der Waals surface area contributed by atoms with Crippen LogP contribution in [0.25, 0.3) is 22.2 Å². The van der Waals surface area contributed by atoms with Gasteiger partial charge in [0.15, 0.2) is 18.5 Å². The van der Waals surface area contributed by atoms with Gasteiger partial charge in [0.25, 0.3) is 0 Å². The molecule has 8 N–H and O–H groups in total. The monoisotopic (exact) mass is 546 g/mol. The van der Waals surface area contributed by atoms with Crippen LogP contribution in [0.4, 0.5) is 5.95 Å². The van der Waals surface area contributed by atoms with E-state index in [0.717, 1.165) is 0 Å². The lowest BCUT2D eigenvalue weighted by Crippen LogP contribution is -2.38. The number of nitrogen functional groups attached to an aromatic ring is 1. The van der Waals surface area contributed by atoms with Gasteiger partial charge in [0.05, 0.1) is 16.6 Å². The van der Waals surface area contributed by atoms with Crippen molar-refractivity contribution in [3.05, 3.63) is 35.9 Å². The number of H-pyrrole nitrogens is 1. The van der Waals surface area contributed by atoms with Crippen LogP contribution in [-0.4, -0.2) is 76.4 Å². The van der Waals surface area contributed by atoms with Crippen LogP contribution in [0.2, 0.25) is 0 Å². The van der Waals surface area contributed by atoms with E-state index in [9.17, 15) is 16.8 Å². The van der Waals surface area contributed by atoms with E-state index in [1.165, 1.54) is 12.1 Å². The van der Waals surface area contributed by atoms with E-state index in [-0.39, 0.29) is 24.0 Å². The van der Waals surface area contributed by atoms with Crippen molar-refractivity contribution in [3.8, 4) is 11.1 Å². The Morgan fingerprint density at radius 1 is 1.14 bits per heavy atom. The number of aromatic nitrogens is 2. The highest BCUT2D eigenvalue weighted by atomic mass is 32.2. The quantitative estimate of drug-likeness (QED) is 0.256. The first-order chi connectivity index (χ1) is 17.6. The van der Waals surface area contributed by atoms with Crippen LogP contribution in [0.5, 0.6) is 0 Å². The first kappa shape index (κ1) is 25.4. The highest BCUT2D eigenvalue weighted by Crippen LogP contribution is 2.37. The fourth-order valence-electron chi connectivity index (χ4n) is 4.73. The lowest BCUT2D eigenvalue weighted by Gasteiger charge is -2.19. The second kappa shape index (κ2) is 9.55. The fourth-order valence-corrected chi connectivity index (χ4v) is 7.59. The number of likely N-dealkylation sites (tertiary alicyclic amines) is 1. The molecule has 196 valence electrons. The van der Waals surface area contributed by atoms with Gasteiger partial charge in [-0.05, 0) is 30.7 Å². The average Bonchev–Trinajstić information content (AvgIpc) is 3.58. The summed E-state index contributed by atoms with van der Waals surface area (Å²) in [5.41, 5.74) is 13.2. The number of hydrogen-bond donors (Lipinski definition) is 5. The third-order valence-corrected chi connectivity index (χ3v) is 8.91. The lowest BCUT2D eigenvalue weighted by atomic mass is 9.97. The Bertz CT molecular complexity index is 1650. The first-order valence-corrected chi connectivity index (χ1v) is 14.4. The van der Waals surface area contributed by atoms with Crippen LogP contribution in [0.1, 0.15) is 12.0 Å². The van der Waals surface area contributed by atoms with Crippen LogP contribution < -0.4 is 21.3 Å². The van der Waals surface area contributed by atoms with Crippen molar-refractivity contribution in [2.75, 3.05) is 38.6 Å². The molecule has 0 aliphatic carbocycles. The first-order valence-electron chi connectivity index (χ1n) is 11.4. The maximum absolute atomic E-state index is 13.5. The smallest absolute Gasteiger partial charge is 0.242 e. The summed E-state index contributed by atoms with van der Waals surface area (Å²) >= 11 is 0. The van der Waals surface area contributed by atoms with E-state index >= 15 is 0 Å². The molecule has 0 amide bonds. The van der Waals surface area contributed by atoms with Gasteiger partial charge in [-0.15, -0.1) is 5.11 Å². The molecule has 1 fully saturated rings. The summed E-state index contributed by atoms with van der Waals surface area (Å²) in [5.74, 6) is 0.115. The Morgan fingerprint density at radius 2 is 1.95 bits per heavy atom. The summed E-state index contributed by atoms with van der Waals surface area (Å²) < 4.78 is 55.7. The number of aliphatic imine (C=N–C) groups is 1. The molecule has 2 aliphatic rings. The van der Waals surface area contributed by atoms with Gasteiger partial charge in [-0.2, -0.15) is 5.11 Å². The third kappa shape index (κ3) is 4.86. The van der Waals surface area contributed by atoms with Crippen molar-refractivity contribution in [1.29, 1.82) is 0 Å². The largest absolute Gasteiger partial charge is 0.369 e. The summed E-state index contributed by atoms with van der Waals surface area (Å²) in [7, 11) is -8.92. The predicted molar refractivity (Wildman–Crippen MR) is 138 cm³/mol. The summed E-state index contributed by atoms with van der Waals surface area (Å²) in [5, 5.41) is 13.5. The zero-order valence-electron chi connectivity index (χ0n) is 19.6. The molecule has 3 heterocycles. The van der Waals surface area contributed by atoms with Crippen molar-refractivity contribution in [3.63, 3.8) is 0 Å². The van der Waals surface area contributed by atoms with Crippen LogP contribution in [0.15, 0.2) is 55.3 Å². The second-order valence-corrected chi connectivity index (χ2v) is 11.9. The minimum Gasteiger partial charge on any atom is -0.369 e. The average molecular weight is 547 g/mol. The third-order valence-electron chi connectivity index (χ3n) is 6.23. The number of nitrogens with one attached hydrogen (secondary N) is 2. The Balaban J connectivity index is 1.71. The molecular weight excluding hydrogens is 520 g/mol. The number of imidazole rings is 1. The number of primary sulfonamides is 1. The van der Waals surface area contributed by atoms with Crippen molar-refractivity contribution < 1.29 is 16.8 Å². The molecule has 0 unspecified atom stereocenters. The molecule has 2 aromatic carbocycles. The molecule has 0 spiro atoms. The van der Waals surface area contributed by atoms with Gasteiger partial charge >= 0.3 is 0 Å². The molecule has 5 rings (SSSR count). The van der Waals surface area contributed by atoms with E-state index in [4.69, 9.17) is 16.6 Å². The van der Waals surface area contributed by atoms with E-state index in [0.29, 0.717) is 54.8 Å². The number of benzene rings is 2. The topological polar surface area (TPSA) is 227 Å². The zero-order chi connectivity index (χ0) is 26.4. The minimum absolute atomic E-state index is 0.0351. The molecule has 0 bridgehead atoms. The van der Waals surface area contributed by atoms with Crippen molar-refractivity contribution in [2.24, 2.45) is 26.1 Å². The number of azo groups is 1. The van der Waals surface area contributed by atoms with Gasteiger partial charge in [-0.1, -0.05) is 18.2 Å². The lowest BCUT2D eigenvalue weighted by molar-refractivity contribution is 0.341. The standard InChI is InChI=1S/C21H26N10O4S2/c22-7-9-31-8-6-12(10-31)30-37(34,35)16-5-4-13(14-2-1-3-15-18(14)28-21(23)27-15)17(19(16)36(24,32)33)20-25-11-26-29-20/h1-5,12,30H,6-11,22H2,(H3,23,27,28)(H2,24,32,33)/t12-/m0/s1. The molecule has 1 aromatic heterocycles. The molecule has 14 nitrogen and oxygen atoms in total. The number of amidine groups is 1. The van der Waals surface area contributed by atoms with Crippen LogP contribution in [-0.2, 0) is 20.0 Å². The van der Waals surface area contributed by atoms with Crippen LogP contribution >= 0.6 is 0 Å². The van der Waals surface area contributed by atoms with E-state index in [1.54, 1.807) is 18.2 Å². The number of nitrogens with two attached hydrogens (primary N) is 3. The van der Waals surface area contributed by atoms with Crippen LogP contribution in [0, 0.1) is 0 Å². The number of anilines is 1. The Hall–Kier alpha value is -3.28. The summed E-state index contributed by atoms with van der Waals surface area (Å²) in [6.07, 6.45) is 0.554. The van der Waals surface area contributed by atoms with Gasteiger partial charge in [-0.3, -0.25) is 0 Å². The maximum Gasteiger partial charge on any atom is 0.242 e. The predicted octanol–water partition coefficient (Wildman–Crippen LogP) is -0.0593. The van der Waals surface area contributed by atoms with Crippen LogP contribution in [0.3, 0.4) is 0 Å². The number of sulfonamides is 2. The molecule has 16 heteroatoms. The van der Waals surface area contributed by atoms with E-state index < -0.39 is 35.9 Å². The molecule has 0 radical (unpaired) electrons. The molecule has 1 saturated heterocycles. The molecule has 0 saturated carbocycles. The summed E-state index contributed by atoms with van der Waals surface area (Å²) in [4.78, 5) is 12.3. The molecule has 2 aliphatic heterocycles. The Morgan fingerprint density at radius 3 is 2.65 bits per heavy atom. The van der Waals surface area contributed by atoms with Crippen molar-refractivity contribution in [1.82, 2.24) is 19.6 Å². The summed E-state index contributed by atoms with van der Waals surface area (Å²) in [6, 6.07) is 7.48. The van der Waals surface area contributed by atoms with Crippen molar-refractivity contribution in [2.45, 2.75) is 22.3 Å². The number of fused-ring (bicyclic) bond motifs is 1. The van der Waals surface area contributed by atoms with Gasteiger partial charge in [0.1, 0.15) is 9.79 Å².